The number of H-pyrrole nitrogens is 1. The monoisotopic (exact) mass is 680 g/mol. The number of esters is 2. The highest BCUT2D eigenvalue weighted by Crippen LogP contribution is 2.56. The van der Waals surface area contributed by atoms with Gasteiger partial charge in [-0.2, -0.15) is 10.1 Å². The minimum atomic E-state index is -4.21. The van der Waals surface area contributed by atoms with Gasteiger partial charge < -0.3 is 19.7 Å². The Labute approximate surface area is 256 Å². The number of anilines is 1. The minimum Gasteiger partial charge on any atom is -0.465 e. The highest BCUT2D eigenvalue weighted by molar-refractivity contribution is 9.10. The molecule has 43 heavy (non-hydrogen) atoms. The van der Waals surface area contributed by atoms with Crippen molar-refractivity contribution < 1.29 is 32.7 Å². The van der Waals surface area contributed by atoms with E-state index in [1.807, 2.05) is 6.92 Å². The molecule has 2 aromatic heterocycles. The lowest BCUT2D eigenvalue weighted by atomic mass is 10.1. The first-order valence-electron chi connectivity index (χ1n) is 13.6. The molecule has 3 aromatic rings. The summed E-state index contributed by atoms with van der Waals surface area (Å²) >= 11 is 3.35. The van der Waals surface area contributed by atoms with Crippen molar-refractivity contribution in [3.05, 3.63) is 51.0 Å². The van der Waals surface area contributed by atoms with Crippen molar-refractivity contribution in [3.8, 4) is 5.75 Å². The number of nitrogens with one attached hydrogen (secondary N) is 2. The fourth-order valence-corrected chi connectivity index (χ4v) is 6.11. The van der Waals surface area contributed by atoms with Crippen molar-refractivity contribution in [2.45, 2.75) is 59.1 Å². The summed E-state index contributed by atoms with van der Waals surface area (Å²) < 4.78 is 38.9. The van der Waals surface area contributed by atoms with Crippen LogP contribution in [0.3, 0.4) is 0 Å². The number of aromatic amines is 1. The molecule has 1 fully saturated rings. The molecule has 232 valence electrons. The number of nitrogen functional groups attached to an aromatic ring is 1. The van der Waals surface area contributed by atoms with E-state index in [0.717, 1.165) is 16.5 Å². The first-order valence-corrected chi connectivity index (χ1v) is 15.9. The maximum Gasteiger partial charge on any atom is 0.459 e. The van der Waals surface area contributed by atoms with Gasteiger partial charge in [-0.05, 0) is 56.5 Å². The fourth-order valence-electron chi connectivity index (χ4n) is 4.27. The van der Waals surface area contributed by atoms with E-state index in [0.29, 0.717) is 12.8 Å². The molecular formula is C27H34BrN6O8P. The molecule has 2 heterocycles. The summed E-state index contributed by atoms with van der Waals surface area (Å²) in [6.07, 6.45) is 4.67. The molecule has 4 N–H and O–H groups in total. The number of carbonyl (C=O) groups excluding carboxylic acids is 2. The zero-order chi connectivity index (χ0) is 31.4. The van der Waals surface area contributed by atoms with Gasteiger partial charge in [0, 0.05) is 17.6 Å². The van der Waals surface area contributed by atoms with Crippen LogP contribution in [-0.4, -0.2) is 56.8 Å². The Morgan fingerprint density at radius 3 is 2.67 bits per heavy atom. The number of halogens is 1. The van der Waals surface area contributed by atoms with Gasteiger partial charge in [-0.25, -0.2) is 9.55 Å². The molecular weight excluding hydrogens is 647 g/mol. The smallest absolute Gasteiger partial charge is 0.459 e. The van der Waals surface area contributed by atoms with E-state index in [1.54, 1.807) is 37.4 Å². The molecule has 0 spiro atoms. The zero-order valence-corrected chi connectivity index (χ0v) is 26.6. The van der Waals surface area contributed by atoms with E-state index in [1.165, 1.54) is 24.7 Å². The topological polar surface area (TPSA) is 190 Å². The van der Waals surface area contributed by atoms with Gasteiger partial charge in [0.15, 0.2) is 11.2 Å². The molecule has 0 radical (unpaired) electrons. The molecule has 0 bridgehead atoms. The summed E-state index contributed by atoms with van der Waals surface area (Å²) in [4.78, 5) is 47.3. The molecule has 1 aromatic carbocycles. The molecule has 16 heteroatoms. The predicted octanol–water partition coefficient (Wildman–Crippen LogP) is 4.17. The number of fused-ring (bicyclic) bond motifs is 1. The summed E-state index contributed by atoms with van der Waals surface area (Å²) in [6.45, 7) is 6.26. The highest BCUT2D eigenvalue weighted by atomic mass is 79.9. The summed E-state index contributed by atoms with van der Waals surface area (Å²) in [5, 5.41) is 2.69. The Bertz CT molecular complexity index is 1620. The van der Waals surface area contributed by atoms with Crippen molar-refractivity contribution in [2.24, 2.45) is 5.41 Å². The van der Waals surface area contributed by atoms with Crippen LogP contribution in [0.2, 0.25) is 0 Å². The van der Waals surface area contributed by atoms with E-state index in [4.69, 9.17) is 24.3 Å². The number of rotatable bonds is 14. The third-order valence-corrected chi connectivity index (χ3v) is 8.80. The lowest BCUT2D eigenvalue weighted by Crippen LogP contribution is -2.37. The Hall–Kier alpha value is -3.52. The molecule has 14 nitrogen and oxygen atoms in total. The van der Waals surface area contributed by atoms with E-state index >= 15 is 0 Å². The predicted molar refractivity (Wildman–Crippen MR) is 162 cm³/mol. The SMILES string of the molecule is CCC[C@H](C)OC(=O)[C@H](C)N[P@](=O)(OC[C@@]1(COC(C)=O)C/C1=C/n1cnc2c(=O)[nH]c(N)nc21)Oc1ccc(Br)cc1. The van der Waals surface area contributed by atoms with Crippen LogP contribution in [0.5, 0.6) is 5.75 Å². The average molecular weight is 681 g/mol. The van der Waals surface area contributed by atoms with Crippen LogP contribution in [0.15, 0.2) is 45.4 Å². The zero-order valence-electron chi connectivity index (χ0n) is 24.2. The van der Waals surface area contributed by atoms with Crippen molar-refractivity contribution in [1.29, 1.82) is 0 Å². The molecule has 1 aliphatic carbocycles. The molecule has 0 saturated heterocycles. The quantitative estimate of drug-likeness (QED) is 0.163. The van der Waals surface area contributed by atoms with Crippen molar-refractivity contribution >= 4 is 58.9 Å². The molecule has 4 atom stereocenters. The Morgan fingerprint density at radius 2 is 2.00 bits per heavy atom. The maximum absolute atomic E-state index is 14.1. The largest absolute Gasteiger partial charge is 0.465 e. The Morgan fingerprint density at radius 1 is 1.28 bits per heavy atom. The number of aromatic nitrogens is 4. The van der Waals surface area contributed by atoms with Gasteiger partial charge >= 0.3 is 19.7 Å². The highest BCUT2D eigenvalue weighted by Gasteiger charge is 2.52. The first kappa shape index (κ1) is 32.4. The average Bonchev–Trinajstić information content (AvgIpc) is 3.47. The Kier molecular flexibility index (Phi) is 10.1. The molecule has 0 aliphatic heterocycles. The maximum atomic E-state index is 14.1. The van der Waals surface area contributed by atoms with E-state index in [-0.39, 0.29) is 42.2 Å². The standard InChI is InChI=1S/C27H34BrN6O8P/c1-5-6-16(2)41-25(37)17(3)33-43(38,42-21-9-7-20(28)8-10-21)40-14-27(13-39-18(4)35)11-19(27)12-34-15-30-22-23(34)31-26(29)32-24(22)36/h7-10,12,15-17H,5-6,11,13-14H2,1-4H3,(H,33,38)(H3,29,31,32,36)/b19-12-/t16-,17-,27-,43-/m0/s1. The lowest BCUT2D eigenvalue weighted by molar-refractivity contribution is -0.150. The molecule has 0 amide bonds. The lowest BCUT2D eigenvalue weighted by Gasteiger charge is -2.25. The second-order valence-electron chi connectivity index (χ2n) is 10.4. The van der Waals surface area contributed by atoms with Crippen LogP contribution < -0.4 is 20.9 Å². The third kappa shape index (κ3) is 8.31. The van der Waals surface area contributed by atoms with Gasteiger partial charge in [0.25, 0.3) is 5.56 Å². The van der Waals surface area contributed by atoms with E-state index in [2.05, 4.69) is 36.0 Å². The molecule has 0 unspecified atom stereocenters. The van der Waals surface area contributed by atoms with Crippen LogP contribution in [0, 0.1) is 5.41 Å². The summed E-state index contributed by atoms with van der Waals surface area (Å²) in [6, 6.07) is 5.56. The molecule has 4 rings (SSSR count). The van der Waals surface area contributed by atoms with Gasteiger partial charge in [0.2, 0.25) is 5.95 Å². The molecule has 1 aliphatic rings. The number of carbonyl (C=O) groups is 2. The number of ether oxygens (including phenoxy) is 2. The fraction of sp³-hybridized carbons (Fsp3) is 0.444. The number of benzene rings is 1. The van der Waals surface area contributed by atoms with Crippen LogP contribution in [0.1, 0.15) is 47.0 Å². The van der Waals surface area contributed by atoms with Crippen LogP contribution in [0.4, 0.5) is 5.95 Å². The van der Waals surface area contributed by atoms with Gasteiger partial charge in [-0.3, -0.25) is 28.5 Å². The van der Waals surface area contributed by atoms with Crippen LogP contribution in [-0.2, 0) is 28.2 Å². The second kappa shape index (κ2) is 13.4. The van der Waals surface area contributed by atoms with Gasteiger partial charge in [0.05, 0.1) is 18.1 Å². The van der Waals surface area contributed by atoms with Crippen LogP contribution in [0.25, 0.3) is 17.4 Å². The normalized spacial score (nSPS) is 19.9. The molecule has 1 saturated carbocycles. The number of nitrogens with two attached hydrogens (primary N) is 1. The number of nitrogens with zero attached hydrogens (tertiary/aromatic N) is 3. The van der Waals surface area contributed by atoms with Crippen LogP contribution >= 0.6 is 23.7 Å². The third-order valence-electron chi connectivity index (χ3n) is 6.65. The number of hydrogen-bond donors (Lipinski definition) is 3. The van der Waals surface area contributed by atoms with E-state index < -0.39 is 36.7 Å². The minimum absolute atomic E-state index is 0.0724. The van der Waals surface area contributed by atoms with E-state index in [9.17, 15) is 18.9 Å². The van der Waals surface area contributed by atoms with Crippen molar-refractivity contribution in [2.75, 3.05) is 18.9 Å². The van der Waals surface area contributed by atoms with Gasteiger partial charge in [-0.1, -0.05) is 29.3 Å². The van der Waals surface area contributed by atoms with Crippen molar-refractivity contribution in [1.82, 2.24) is 24.6 Å². The first-order chi connectivity index (χ1) is 20.3. The summed E-state index contributed by atoms with van der Waals surface area (Å²) in [5.74, 6) is -0.959. The van der Waals surface area contributed by atoms with Crippen molar-refractivity contribution in [3.63, 3.8) is 0 Å². The number of hydrogen-bond acceptors (Lipinski definition) is 11. The second-order valence-corrected chi connectivity index (χ2v) is 13.0. The van der Waals surface area contributed by atoms with Gasteiger partial charge in [0.1, 0.15) is 24.7 Å². The summed E-state index contributed by atoms with van der Waals surface area (Å²) in [7, 11) is -4.21. The summed E-state index contributed by atoms with van der Waals surface area (Å²) in [5.41, 5.74) is 5.41. The van der Waals surface area contributed by atoms with Gasteiger partial charge in [-0.15, -0.1) is 0 Å². The number of imidazole rings is 1. The Balaban J connectivity index is 1.59.